The van der Waals surface area contributed by atoms with Crippen LogP contribution in [0.4, 0.5) is 0 Å². The third-order valence-electron chi connectivity index (χ3n) is 6.01. The number of carbonyl (C=O) groups is 2. The molecule has 0 radical (unpaired) electrons. The molecule has 0 atom stereocenters. The molecule has 150 valence electrons. The van der Waals surface area contributed by atoms with Crippen LogP contribution < -0.4 is 5.32 Å². The van der Waals surface area contributed by atoms with Crippen molar-refractivity contribution in [2.24, 2.45) is 11.8 Å². The molecule has 2 heterocycles. The summed E-state index contributed by atoms with van der Waals surface area (Å²) in [5.41, 5.74) is 0.505. The second-order valence-corrected chi connectivity index (χ2v) is 9.12. The van der Waals surface area contributed by atoms with Crippen molar-refractivity contribution in [1.82, 2.24) is 20.0 Å². The molecule has 0 aromatic carbocycles. The molecule has 27 heavy (non-hydrogen) atoms. The van der Waals surface area contributed by atoms with E-state index >= 15 is 0 Å². The number of piperidine rings is 1. The number of halogens is 1. The van der Waals surface area contributed by atoms with Crippen LogP contribution >= 0.6 is 15.9 Å². The first kappa shape index (κ1) is 20.4. The highest BCUT2D eigenvalue weighted by Crippen LogP contribution is 2.30. The third kappa shape index (κ3) is 5.56. The van der Waals surface area contributed by atoms with Crippen molar-refractivity contribution in [2.45, 2.75) is 71.4 Å². The molecule has 2 fully saturated rings. The quantitative estimate of drug-likeness (QED) is 0.763. The summed E-state index contributed by atoms with van der Waals surface area (Å²) in [6.45, 7) is 6.06. The molecule has 0 spiro atoms. The number of rotatable bonds is 5. The Hall–Kier alpha value is -1.37. The molecule has 1 aromatic rings. The largest absolute Gasteiger partial charge is 0.353 e. The number of nitrogens with zero attached hydrogens (tertiary/aromatic N) is 3. The van der Waals surface area contributed by atoms with Crippen LogP contribution in [0.15, 0.2) is 10.7 Å². The van der Waals surface area contributed by atoms with E-state index in [1.54, 1.807) is 0 Å². The molecule has 6 nitrogen and oxygen atoms in total. The molecule has 1 saturated carbocycles. The number of aryl methyl sites for hydroxylation is 1. The van der Waals surface area contributed by atoms with E-state index in [1.165, 1.54) is 32.6 Å². The minimum Gasteiger partial charge on any atom is -0.353 e. The van der Waals surface area contributed by atoms with Crippen LogP contribution in [0.3, 0.4) is 0 Å². The van der Waals surface area contributed by atoms with E-state index in [4.69, 9.17) is 0 Å². The van der Waals surface area contributed by atoms with Crippen LogP contribution in [0.2, 0.25) is 0 Å². The van der Waals surface area contributed by atoms with Gasteiger partial charge in [-0.05, 0) is 47.0 Å². The third-order valence-corrected chi connectivity index (χ3v) is 6.59. The first-order valence-electron chi connectivity index (χ1n) is 10.2. The smallest absolute Gasteiger partial charge is 0.275 e. The normalized spacial score (nSPS) is 24.0. The van der Waals surface area contributed by atoms with Gasteiger partial charge in [0.2, 0.25) is 5.91 Å². The number of hydrogen-bond donors (Lipinski definition) is 1. The van der Waals surface area contributed by atoms with Gasteiger partial charge >= 0.3 is 0 Å². The molecule has 2 aliphatic rings. The average Bonchev–Trinajstić information content (AvgIpc) is 3.01. The van der Waals surface area contributed by atoms with E-state index in [2.05, 4.69) is 33.3 Å². The lowest BCUT2D eigenvalue weighted by atomic mass is 9.81. The average molecular weight is 439 g/mol. The number of nitrogens with one attached hydrogen (secondary N) is 1. The molecule has 7 heteroatoms. The zero-order valence-corrected chi connectivity index (χ0v) is 18.0. The van der Waals surface area contributed by atoms with Crippen LogP contribution in [0.1, 0.15) is 69.3 Å². The summed E-state index contributed by atoms with van der Waals surface area (Å²) in [7, 11) is 0. The number of aromatic nitrogens is 2. The zero-order valence-electron chi connectivity index (χ0n) is 16.4. The Morgan fingerprint density at radius 2 is 1.85 bits per heavy atom. The fourth-order valence-corrected chi connectivity index (χ4v) is 4.74. The van der Waals surface area contributed by atoms with E-state index in [-0.39, 0.29) is 17.9 Å². The van der Waals surface area contributed by atoms with Crippen LogP contribution in [-0.4, -0.2) is 45.6 Å². The van der Waals surface area contributed by atoms with Gasteiger partial charge in [0.25, 0.3) is 5.91 Å². The van der Waals surface area contributed by atoms with Crippen molar-refractivity contribution < 1.29 is 9.59 Å². The Morgan fingerprint density at radius 3 is 2.48 bits per heavy atom. The second-order valence-electron chi connectivity index (χ2n) is 8.27. The molecule has 1 N–H and O–H groups in total. The van der Waals surface area contributed by atoms with Crippen molar-refractivity contribution in [3.63, 3.8) is 0 Å². The summed E-state index contributed by atoms with van der Waals surface area (Å²) in [6.07, 6.45) is 9.97. The first-order chi connectivity index (χ1) is 12.9. The van der Waals surface area contributed by atoms with Gasteiger partial charge < -0.3 is 10.2 Å². The van der Waals surface area contributed by atoms with Crippen molar-refractivity contribution in [3.8, 4) is 0 Å². The van der Waals surface area contributed by atoms with Crippen LogP contribution in [0, 0.1) is 11.8 Å². The molecule has 3 rings (SSSR count). The molecule has 2 amide bonds. The summed E-state index contributed by atoms with van der Waals surface area (Å²) in [5, 5.41) is 7.50. The van der Waals surface area contributed by atoms with Gasteiger partial charge in [0.05, 0.1) is 4.47 Å². The molecule has 1 aliphatic carbocycles. The predicted molar refractivity (Wildman–Crippen MR) is 108 cm³/mol. The minimum atomic E-state index is -0.0200. The molecule has 1 aromatic heterocycles. The lowest BCUT2D eigenvalue weighted by Crippen LogP contribution is -2.46. The Morgan fingerprint density at radius 1 is 1.19 bits per heavy atom. The maximum atomic E-state index is 12.8. The minimum absolute atomic E-state index is 0.00585. The lowest BCUT2D eigenvalue weighted by molar-refractivity contribution is -0.119. The lowest BCUT2D eigenvalue weighted by Gasteiger charge is -2.31. The van der Waals surface area contributed by atoms with E-state index in [0.29, 0.717) is 18.8 Å². The first-order valence-corrected chi connectivity index (χ1v) is 11.0. The molecular formula is C20H31BrN4O2. The highest BCUT2D eigenvalue weighted by atomic mass is 79.9. The number of hydrogen-bond acceptors (Lipinski definition) is 3. The second kappa shape index (κ2) is 9.22. The zero-order chi connectivity index (χ0) is 19.4. The van der Waals surface area contributed by atoms with Gasteiger partial charge in [-0.2, -0.15) is 5.10 Å². The molecular weight excluding hydrogens is 408 g/mol. The van der Waals surface area contributed by atoms with Gasteiger partial charge in [0.15, 0.2) is 5.69 Å². The van der Waals surface area contributed by atoms with E-state index in [0.717, 1.165) is 42.1 Å². The van der Waals surface area contributed by atoms with Crippen LogP contribution in [-0.2, 0) is 11.3 Å². The predicted octanol–water partition coefficient (Wildman–Crippen LogP) is 3.60. The highest BCUT2D eigenvalue weighted by molar-refractivity contribution is 9.10. The van der Waals surface area contributed by atoms with Gasteiger partial charge in [-0.1, -0.05) is 32.6 Å². The number of carbonyl (C=O) groups excluding carboxylic acids is 2. The Bertz CT molecular complexity index is 659. The fourth-order valence-electron chi connectivity index (χ4n) is 4.25. The Kier molecular flexibility index (Phi) is 6.95. The van der Waals surface area contributed by atoms with Gasteiger partial charge in [-0.25, -0.2) is 0 Å². The van der Waals surface area contributed by atoms with E-state index < -0.39 is 0 Å². The van der Waals surface area contributed by atoms with Crippen molar-refractivity contribution >= 4 is 27.7 Å². The summed E-state index contributed by atoms with van der Waals surface area (Å²) < 4.78 is 2.69. The summed E-state index contributed by atoms with van der Waals surface area (Å²) >= 11 is 3.52. The highest BCUT2D eigenvalue weighted by Gasteiger charge is 2.27. The van der Waals surface area contributed by atoms with E-state index in [1.807, 2.05) is 15.8 Å². The van der Waals surface area contributed by atoms with Crippen molar-refractivity contribution in [2.75, 3.05) is 13.1 Å². The maximum Gasteiger partial charge on any atom is 0.275 e. The monoisotopic (exact) mass is 438 g/mol. The van der Waals surface area contributed by atoms with Gasteiger partial charge in [0, 0.05) is 38.8 Å². The van der Waals surface area contributed by atoms with E-state index in [9.17, 15) is 9.59 Å². The Labute approximate surface area is 170 Å². The number of likely N-dealkylation sites (tertiary alicyclic amines) is 1. The molecule has 1 aliphatic heterocycles. The summed E-state index contributed by atoms with van der Waals surface area (Å²) in [4.78, 5) is 25.9. The fraction of sp³-hybridized carbons (Fsp3) is 0.750. The van der Waals surface area contributed by atoms with Gasteiger partial charge in [-0.15, -0.1) is 0 Å². The number of amides is 2. The topological polar surface area (TPSA) is 67.2 Å². The Balaban J connectivity index is 1.51. The maximum absolute atomic E-state index is 12.8. The van der Waals surface area contributed by atoms with Gasteiger partial charge in [-0.3, -0.25) is 14.3 Å². The summed E-state index contributed by atoms with van der Waals surface area (Å²) in [5.74, 6) is 1.64. The standard InChI is InChI=1S/C20H31BrN4O2/c1-14-3-5-16(6-4-14)7-12-25-13-18(21)19(23-25)20(27)24-10-8-17(9-11-24)22-15(2)26/h13-14,16-17H,3-12H2,1-2H3,(H,22,26). The van der Waals surface area contributed by atoms with Crippen LogP contribution in [0.25, 0.3) is 0 Å². The van der Waals surface area contributed by atoms with Crippen molar-refractivity contribution in [3.05, 3.63) is 16.4 Å². The summed E-state index contributed by atoms with van der Waals surface area (Å²) in [6, 6.07) is 0.172. The van der Waals surface area contributed by atoms with Crippen LogP contribution in [0.5, 0.6) is 0 Å². The van der Waals surface area contributed by atoms with Crippen molar-refractivity contribution in [1.29, 1.82) is 0 Å². The molecule has 1 saturated heterocycles. The van der Waals surface area contributed by atoms with Gasteiger partial charge in [0.1, 0.15) is 0 Å². The molecule has 0 unspecified atom stereocenters. The molecule has 0 bridgehead atoms. The SMILES string of the molecule is CC(=O)NC1CCN(C(=O)c2nn(CCC3CCC(C)CC3)cc2Br)CC1.